The fourth-order valence-electron chi connectivity index (χ4n) is 1.28. The van der Waals surface area contributed by atoms with E-state index < -0.39 is 7.25 Å². The smallest absolute Gasteiger partial charge is 0.418 e. The molecule has 0 radical (unpaired) electrons. The molecule has 0 aliphatic carbocycles. The first-order valence-corrected chi connectivity index (χ1v) is 4.95. The summed E-state index contributed by atoms with van der Waals surface area (Å²) in [5, 5.41) is 17.6. The lowest BCUT2D eigenvalue weighted by Crippen LogP contribution is -2.40. The molecule has 1 rings (SSSR count). The van der Waals surface area contributed by atoms with Crippen LogP contribution in [-0.4, -0.2) is 7.25 Å². The van der Waals surface area contributed by atoms with Gasteiger partial charge < -0.3 is 17.3 Å². The van der Waals surface area contributed by atoms with Gasteiger partial charge in [0.15, 0.2) is 12.1 Å². The van der Waals surface area contributed by atoms with Crippen molar-refractivity contribution in [3.63, 3.8) is 0 Å². The summed E-state index contributed by atoms with van der Waals surface area (Å²) >= 11 is 0. The summed E-state index contributed by atoms with van der Waals surface area (Å²) in [5.41, 5.74) is 2.02. The van der Waals surface area contributed by atoms with Gasteiger partial charge in [0, 0.05) is 12.1 Å². The van der Waals surface area contributed by atoms with E-state index in [0.717, 1.165) is 5.56 Å². The van der Waals surface area contributed by atoms with Crippen LogP contribution in [0.25, 0.3) is 0 Å². The van der Waals surface area contributed by atoms with E-state index in [0.29, 0.717) is 17.9 Å². The topological polar surface area (TPSA) is 51.5 Å². The Morgan fingerprint density at radius 1 is 1.11 bits per heavy atom. The molecular formula is C10H10BF4N3. The van der Waals surface area contributed by atoms with Gasteiger partial charge in [-0.15, -0.1) is 0 Å². The van der Waals surface area contributed by atoms with Gasteiger partial charge in [-0.25, -0.2) is 0 Å². The highest BCUT2D eigenvalue weighted by molar-refractivity contribution is 6.50. The van der Waals surface area contributed by atoms with Gasteiger partial charge in [0.05, 0.1) is 0 Å². The number of pyridine rings is 1. The number of rotatable bonds is 1. The average Bonchev–Trinajstić information content (AvgIpc) is 2.25. The van der Waals surface area contributed by atoms with E-state index in [1.54, 1.807) is 16.7 Å². The molecule has 0 bridgehead atoms. The van der Waals surface area contributed by atoms with Gasteiger partial charge in [-0.05, 0) is 19.4 Å². The molecule has 0 aliphatic rings. The van der Waals surface area contributed by atoms with Crippen molar-refractivity contribution in [1.82, 2.24) is 0 Å². The Labute approximate surface area is 102 Å². The number of halogens is 4. The van der Waals surface area contributed by atoms with Crippen LogP contribution in [0.4, 0.5) is 17.3 Å². The van der Waals surface area contributed by atoms with E-state index in [4.69, 9.17) is 10.5 Å². The third-order valence-electron chi connectivity index (χ3n) is 1.86. The quantitative estimate of drug-likeness (QED) is 0.441. The molecule has 3 nitrogen and oxygen atoms in total. The second-order valence-corrected chi connectivity index (χ2v) is 3.27. The average molecular weight is 259 g/mol. The van der Waals surface area contributed by atoms with Crippen molar-refractivity contribution in [2.24, 2.45) is 0 Å². The fraction of sp³-hybridized carbons (Fsp3) is 0.300. The highest BCUT2D eigenvalue weighted by atomic mass is 19.5. The second-order valence-electron chi connectivity index (χ2n) is 3.27. The largest absolute Gasteiger partial charge is 0.673 e. The van der Waals surface area contributed by atoms with Crippen LogP contribution in [0.3, 0.4) is 0 Å². The third kappa shape index (κ3) is 5.85. The molecule has 0 amide bonds. The van der Waals surface area contributed by atoms with E-state index in [2.05, 4.69) is 12.1 Å². The predicted molar refractivity (Wildman–Crippen MR) is 56.7 cm³/mol. The predicted octanol–water partition coefficient (Wildman–Crippen LogP) is 2.35. The van der Waals surface area contributed by atoms with Crippen LogP contribution < -0.4 is 4.57 Å². The maximum absolute atomic E-state index is 9.75. The lowest BCUT2D eigenvalue weighted by Gasteiger charge is -1.98. The van der Waals surface area contributed by atoms with Crippen molar-refractivity contribution in [2.75, 3.05) is 0 Å². The minimum absolute atomic E-state index is 0.541. The molecule has 1 heterocycles. The molecule has 0 atom stereocenters. The van der Waals surface area contributed by atoms with Gasteiger partial charge in [0.2, 0.25) is 0 Å². The van der Waals surface area contributed by atoms with Crippen LogP contribution in [0.2, 0.25) is 0 Å². The van der Waals surface area contributed by atoms with E-state index in [9.17, 15) is 17.3 Å². The Hall–Kier alpha value is -2.09. The van der Waals surface area contributed by atoms with Crippen molar-refractivity contribution in [3.05, 3.63) is 29.1 Å². The van der Waals surface area contributed by atoms with Crippen molar-refractivity contribution >= 4 is 7.25 Å². The second kappa shape index (κ2) is 6.60. The summed E-state index contributed by atoms with van der Waals surface area (Å²) in [6.07, 6.45) is 0. The van der Waals surface area contributed by atoms with Crippen molar-refractivity contribution in [1.29, 1.82) is 10.5 Å². The molecule has 0 aliphatic heterocycles. The molecule has 96 valence electrons. The molecule has 0 spiro atoms. The van der Waals surface area contributed by atoms with E-state index in [-0.39, 0.29) is 0 Å². The van der Waals surface area contributed by atoms with Crippen molar-refractivity contribution in [3.8, 4) is 12.1 Å². The minimum atomic E-state index is -6.00. The molecule has 1 aromatic heterocycles. The van der Waals surface area contributed by atoms with Gasteiger partial charge >= 0.3 is 7.25 Å². The molecule has 1 aromatic rings. The molecule has 8 heteroatoms. The van der Waals surface area contributed by atoms with Gasteiger partial charge in [-0.1, -0.05) is 0 Å². The van der Waals surface area contributed by atoms with E-state index >= 15 is 0 Å². The Kier molecular flexibility index (Phi) is 5.84. The maximum Gasteiger partial charge on any atom is 0.673 e. The monoisotopic (exact) mass is 259 g/mol. The van der Waals surface area contributed by atoms with Gasteiger partial charge in [0.25, 0.3) is 11.4 Å². The zero-order valence-corrected chi connectivity index (χ0v) is 9.79. The van der Waals surface area contributed by atoms with Crippen LogP contribution in [-0.2, 0) is 6.54 Å². The van der Waals surface area contributed by atoms with Crippen molar-refractivity contribution < 1.29 is 21.8 Å². The first kappa shape index (κ1) is 15.9. The van der Waals surface area contributed by atoms with Gasteiger partial charge in [0.1, 0.15) is 6.54 Å². The van der Waals surface area contributed by atoms with Gasteiger partial charge in [-0.2, -0.15) is 15.1 Å². The minimum Gasteiger partial charge on any atom is -0.418 e. The molecule has 0 unspecified atom stereocenters. The van der Waals surface area contributed by atoms with E-state index in [1.807, 2.05) is 13.8 Å². The normalized spacial score (nSPS) is 9.78. The number of hydrogen-bond acceptors (Lipinski definition) is 2. The Bertz CT molecular complexity index is 458. The molecule has 0 aromatic carbocycles. The maximum atomic E-state index is 9.75. The molecule has 0 fully saturated rings. The lowest BCUT2D eigenvalue weighted by atomic mass is 10.2. The number of nitriles is 2. The Morgan fingerprint density at radius 3 is 1.67 bits per heavy atom. The van der Waals surface area contributed by atoms with Crippen LogP contribution in [0.1, 0.15) is 23.9 Å². The summed E-state index contributed by atoms with van der Waals surface area (Å²) in [4.78, 5) is 0. The van der Waals surface area contributed by atoms with E-state index in [1.165, 1.54) is 0 Å². The first-order valence-electron chi connectivity index (χ1n) is 4.95. The molecular weight excluding hydrogens is 249 g/mol. The summed E-state index contributed by atoms with van der Waals surface area (Å²) in [6, 6.07) is 7.71. The molecule has 18 heavy (non-hydrogen) atoms. The number of hydrogen-bond donors (Lipinski definition) is 0. The Balaban J connectivity index is 0.000000494. The zero-order valence-electron chi connectivity index (χ0n) is 9.79. The standard InChI is InChI=1S/C10H10N3.BF4/c1-3-13-9(6-11)4-8(2)5-10(13)7-12;2-1(3,4)5/h4-5H,3H2,1-2H3;/q+1;-1. The Morgan fingerprint density at radius 2 is 1.44 bits per heavy atom. The highest BCUT2D eigenvalue weighted by Gasteiger charge is 2.20. The summed E-state index contributed by atoms with van der Waals surface area (Å²) in [6.45, 7) is 4.44. The zero-order chi connectivity index (χ0) is 14.3. The number of nitrogens with zero attached hydrogens (tertiary/aromatic N) is 3. The molecule has 0 saturated carbocycles. The fourth-order valence-corrected chi connectivity index (χ4v) is 1.28. The van der Waals surface area contributed by atoms with Crippen LogP contribution in [0, 0.1) is 29.6 Å². The molecule has 0 N–H and O–H groups in total. The lowest BCUT2D eigenvalue weighted by molar-refractivity contribution is -0.698. The molecule has 0 saturated heterocycles. The summed E-state index contributed by atoms with van der Waals surface area (Å²) in [5.74, 6) is 0. The highest BCUT2D eigenvalue weighted by Crippen LogP contribution is 2.06. The van der Waals surface area contributed by atoms with Crippen LogP contribution in [0.5, 0.6) is 0 Å². The SMILES string of the molecule is CC[n+]1c(C#N)cc(C)cc1C#N.F[B-](F)(F)F. The van der Waals surface area contributed by atoms with Crippen LogP contribution in [0.15, 0.2) is 12.1 Å². The van der Waals surface area contributed by atoms with Crippen molar-refractivity contribution in [2.45, 2.75) is 20.4 Å². The summed E-state index contributed by atoms with van der Waals surface area (Å²) < 4.78 is 40.7. The number of aromatic nitrogens is 1. The van der Waals surface area contributed by atoms with Gasteiger partial charge in [-0.3, -0.25) is 0 Å². The number of aryl methyl sites for hydroxylation is 1. The third-order valence-corrected chi connectivity index (χ3v) is 1.86. The van der Waals surface area contributed by atoms with Crippen LogP contribution >= 0.6 is 0 Å². The first-order chi connectivity index (χ1) is 8.22. The summed E-state index contributed by atoms with van der Waals surface area (Å²) in [7, 11) is -6.00.